The van der Waals surface area contributed by atoms with Crippen LogP contribution in [0, 0.1) is 5.92 Å². The van der Waals surface area contributed by atoms with Crippen LogP contribution in [0.3, 0.4) is 0 Å². The first-order valence-electron chi connectivity index (χ1n) is 5.40. The average molecular weight is 237 g/mol. The number of nitrogens with one attached hydrogen (secondary N) is 2. The standard InChI is InChI=1S/C10H20N2O2.ClH/c1-2-9(13)4-6-12-10(14)8-3-5-11-7-8;/h8-9,11,13H,2-7H2,1H3,(H,12,14);1H. The molecule has 2 unspecified atom stereocenters. The molecule has 0 aromatic heterocycles. The lowest BCUT2D eigenvalue weighted by Gasteiger charge is -2.11. The Kier molecular flexibility index (Phi) is 7.74. The van der Waals surface area contributed by atoms with Gasteiger partial charge in [-0.3, -0.25) is 4.79 Å². The van der Waals surface area contributed by atoms with E-state index < -0.39 is 0 Å². The molecule has 0 radical (unpaired) electrons. The Morgan fingerprint density at radius 2 is 2.40 bits per heavy atom. The number of amides is 1. The minimum absolute atomic E-state index is 0. The topological polar surface area (TPSA) is 61.4 Å². The number of aliphatic hydroxyl groups is 1. The number of hydrogen-bond acceptors (Lipinski definition) is 3. The molecule has 1 fully saturated rings. The summed E-state index contributed by atoms with van der Waals surface area (Å²) in [7, 11) is 0. The molecule has 90 valence electrons. The maximum Gasteiger partial charge on any atom is 0.224 e. The average Bonchev–Trinajstić information content (AvgIpc) is 2.70. The largest absolute Gasteiger partial charge is 0.393 e. The molecule has 2 atom stereocenters. The first-order valence-corrected chi connectivity index (χ1v) is 5.40. The van der Waals surface area contributed by atoms with Crippen molar-refractivity contribution < 1.29 is 9.90 Å². The van der Waals surface area contributed by atoms with Crippen LogP contribution in [0.4, 0.5) is 0 Å². The molecule has 0 aromatic rings. The quantitative estimate of drug-likeness (QED) is 0.643. The summed E-state index contributed by atoms with van der Waals surface area (Å²) >= 11 is 0. The van der Waals surface area contributed by atoms with Crippen molar-refractivity contribution in [1.82, 2.24) is 10.6 Å². The van der Waals surface area contributed by atoms with Gasteiger partial charge in [-0.15, -0.1) is 12.4 Å². The monoisotopic (exact) mass is 236 g/mol. The molecule has 1 heterocycles. The van der Waals surface area contributed by atoms with Gasteiger partial charge in [0.15, 0.2) is 0 Å². The van der Waals surface area contributed by atoms with Crippen molar-refractivity contribution in [2.45, 2.75) is 32.3 Å². The third kappa shape index (κ3) is 5.35. The number of rotatable bonds is 5. The second kappa shape index (κ2) is 7.91. The summed E-state index contributed by atoms with van der Waals surface area (Å²) < 4.78 is 0. The zero-order valence-electron chi connectivity index (χ0n) is 9.16. The van der Waals surface area contributed by atoms with Crippen molar-refractivity contribution in [3.63, 3.8) is 0 Å². The summed E-state index contributed by atoms with van der Waals surface area (Å²) in [6.45, 7) is 4.26. The van der Waals surface area contributed by atoms with Crippen molar-refractivity contribution in [3.05, 3.63) is 0 Å². The van der Waals surface area contributed by atoms with Crippen molar-refractivity contribution in [2.75, 3.05) is 19.6 Å². The lowest BCUT2D eigenvalue weighted by molar-refractivity contribution is -0.124. The van der Waals surface area contributed by atoms with Gasteiger partial charge in [-0.1, -0.05) is 6.92 Å². The van der Waals surface area contributed by atoms with Crippen molar-refractivity contribution in [3.8, 4) is 0 Å². The molecule has 1 aliphatic heterocycles. The fourth-order valence-corrected chi connectivity index (χ4v) is 1.59. The molecule has 0 bridgehead atoms. The second-order valence-electron chi connectivity index (χ2n) is 3.83. The van der Waals surface area contributed by atoms with Crippen LogP contribution in [0.2, 0.25) is 0 Å². The van der Waals surface area contributed by atoms with Gasteiger partial charge < -0.3 is 15.7 Å². The summed E-state index contributed by atoms with van der Waals surface area (Å²) in [6, 6.07) is 0. The first kappa shape index (κ1) is 14.7. The highest BCUT2D eigenvalue weighted by Gasteiger charge is 2.21. The molecule has 1 aliphatic rings. The van der Waals surface area contributed by atoms with E-state index in [9.17, 15) is 9.90 Å². The zero-order chi connectivity index (χ0) is 10.4. The number of carbonyl (C=O) groups excluding carboxylic acids is 1. The summed E-state index contributed by atoms with van der Waals surface area (Å²) in [6.07, 6.45) is 2.06. The molecule has 1 rings (SSSR count). The molecule has 5 heteroatoms. The van der Waals surface area contributed by atoms with E-state index in [4.69, 9.17) is 0 Å². The fraction of sp³-hybridized carbons (Fsp3) is 0.900. The molecule has 0 saturated carbocycles. The number of halogens is 1. The summed E-state index contributed by atoms with van der Waals surface area (Å²) in [5, 5.41) is 15.3. The Hall–Kier alpha value is -0.320. The SMILES string of the molecule is CCC(O)CCNC(=O)C1CCNC1.Cl. The molecule has 0 spiro atoms. The van der Waals surface area contributed by atoms with Crippen LogP contribution in [-0.4, -0.2) is 36.8 Å². The number of aliphatic hydroxyl groups excluding tert-OH is 1. The summed E-state index contributed by atoms with van der Waals surface area (Å²) in [5.74, 6) is 0.257. The van der Waals surface area contributed by atoms with Crippen LogP contribution in [0.1, 0.15) is 26.2 Å². The highest BCUT2D eigenvalue weighted by atomic mass is 35.5. The predicted octanol–water partition coefficient (Wildman–Crippen LogP) is 0.295. The van der Waals surface area contributed by atoms with Gasteiger partial charge in [-0.05, 0) is 25.8 Å². The highest BCUT2D eigenvalue weighted by Crippen LogP contribution is 2.06. The predicted molar refractivity (Wildman–Crippen MR) is 62.1 cm³/mol. The number of hydrogen-bond donors (Lipinski definition) is 3. The Morgan fingerprint density at radius 1 is 1.67 bits per heavy atom. The van der Waals surface area contributed by atoms with Crippen molar-refractivity contribution >= 4 is 18.3 Å². The Balaban J connectivity index is 0.00000196. The van der Waals surface area contributed by atoms with Crippen LogP contribution >= 0.6 is 12.4 Å². The lowest BCUT2D eigenvalue weighted by atomic mass is 10.1. The van der Waals surface area contributed by atoms with Gasteiger partial charge in [-0.2, -0.15) is 0 Å². The molecular weight excluding hydrogens is 216 g/mol. The molecule has 4 nitrogen and oxygen atoms in total. The normalized spacial score (nSPS) is 21.9. The molecular formula is C10H21ClN2O2. The Morgan fingerprint density at radius 3 is 2.93 bits per heavy atom. The summed E-state index contributed by atoms with van der Waals surface area (Å²) in [4.78, 5) is 11.5. The van der Waals surface area contributed by atoms with Crippen molar-refractivity contribution in [1.29, 1.82) is 0 Å². The zero-order valence-corrected chi connectivity index (χ0v) is 9.98. The van der Waals surface area contributed by atoms with E-state index in [2.05, 4.69) is 10.6 Å². The van der Waals surface area contributed by atoms with Gasteiger partial charge in [0.05, 0.1) is 12.0 Å². The van der Waals surface area contributed by atoms with Gasteiger partial charge in [-0.25, -0.2) is 0 Å². The first-order chi connectivity index (χ1) is 6.74. The van der Waals surface area contributed by atoms with Crippen LogP contribution < -0.4 is 10.6 Å². The minimum Gasteiger partial charge on any atom is -0.393 e. The molecule has 3 N–H and O–H groups in total. The maximum atomic E-state index is 11.5. The molecule has 0 aliphatic carbocycles. The molecule has 1 amide bonds. The molecule has 1 saturated heterocycles. The van der Waals surface area contributed by atoms with E-state index in [1.54, 1.807) is 0 Å². The van der Waals surface area contributed by atoms with Gasteiger partial charge >= 0.3 is 0 Å². The number of carbonyl (C=O) groups is 1. The van der Waals surface area contributed by atoms with E-state index in [1.807, 2.05) is 6.92 Å². The van der Waals surface area contributed by atoms with E-state index in [0.29, 0.717) is 13.0 Å². The third-order valence-electron chi connectivity index (χ3n) is 2.68. The van der Waals surface area contributed by atoms with E-state index in [0.717, 1.165) is 25.9 Å². The van der Waals surface area contributed by atoms with Gasteiger partial charge in [0.2, 0.25) is 5.91 Å². The Labute approximate surface area is 97.2 Å². The van der Waals surface area contributed by atoms with E-state index >= 15 is 0 Å². The molecule has 15 heavy (non-hydrogen) atoms. The highest BCUT2D eigenvalue weighted by molar-refractivity contribution is 5.85. The van der Waals surface area contributed by atoms with Crippen molar-refractivity contribution in [2.24, 2.45) is 5.92 Å². The van der Waals surface area contributed by atoms with Crippen LogP contribution in [0.5, 0.6) is 0 Å². The fourth-order valence-electron chi connectivity index (χ4n) is 1.59. The van der Waals surface area contributed by atoms with E-state index in [1.165, 1.54) is 0 Å². The molecule has 0 aromatic carbocycles. The van der Waals surface area contributed by atoms with Crippen LogP contribution in [-0.2, 0) is 4.79 Å². The van der Waals surface area contributed by atoms with E-state index in [-0.39, 0.29) is 30.3 Å². The summed E-state index contributed by atoms with van der Waals surface area (Å²) in [5.41, 5.74) is 0. The lowest BCUT2D eigenvalue weighted by Crippen LogP contribution is -2.33. The third-order valence-corrected chi connectivity index (χ3v) is 2.68. The Bertz CT molecular complexity index is 184. The van der Waals surface area contributed by atoms with Gasteiger partial charge in [0.1, 0.15) is 0 Å². The smallest absolute Gasteiger partial charge is 0.224 e. The van der Waals surface area contributed by atoms with Crippen LogP contribution in [0.15, 0.2) is 0 Å². The maximum absolute atomic E-state index is 11.5. The second-order valence-corrected chi connectivity index (χ2v) is 3.83. The van der Waals surface area contributed by atoms with Gasteiger partial charge in [0, 0.05) is 13.1 Å². The minimum atomic E-state index is -0.281. The van der Waals surface area contributed by atoms with Gasteiger partial charge in [0.25, 0.3) is 0 Å². The van der Waals surface area contributed by atoms with Crippen LogP contribution in [0.25, 0.3) is 0 Å².